The summed E-state index contributed by atoms with van der Waals surface area (Å²) in [6.45, 7) is 0. The third-order valence-corrected chi connectivity index (χ3v) is 4.33. The summed E-state index contributed by atoms with van der Waals surface area (Å²) in [5.41, 5.74) is -0.826. The molecule has 0 spiro atoms. The van der Waals surface area contributed by atoms with Gasteiger partial charge >= 0.3 is 86.4 Å². The molecule has 0 N–H and O–H groups in total. The quantitative estimate of drug-likeness (QED) is 0.778. The molecule has 0 bridgehead atoms. The number of rotatable bonds is 4. The molecular formula is C7H6F2O3SSe. The molecule has 0 radical (unpaired) electrons. The van der Waals surface area contributed by atoms with Crippen molar-refractivity contribution in [1.82, 2.24) is 0 Å². The molecule has 1 aromatic rings. The van der Waals surface area contributed by atoms with Crippen molar-refractivity contribution in [2.24, 2.45) is 0 Å². The van der Waals surface area contributed by atoms with Gasteiger partial charge in [-0.05, 0) is 0 Å². The van der Waals surface area contributed by atoms with Gasteiger partial charge in [0.2, 0.25) is 0 Å². The molecule has 0 unspecified atom stereocenters. The van der Waals surface area contributed by atoms with Crippen LogP contribution in [0.4, 0.5) is 8.78 Å². The minimum atomic E-state index is -3.92. The van der Waals surface area contributed by atoms with Gasteiger partial charge in [-0.25, -0.2) is 0 Å². The predicted octanol–water partition coefficient (Wildman–Crippen LogP) is 1.08. The van der Waals surface area contributed by atoms with E-state index in [1.54, 1.807) is 0 Å². The van der Waals surface area contributed by atoms with Crippen LogP contribution in [0.15, 0.2) is 29.2 Å². The van der Waals surface area contributed by atoms with Gasteiger partial charge in [-0.1, -0.05) is 0 Å². The SMILES string of the molecule is O=S(=O)(O[Se]CF)c1ccc(F)cc1. The zero-order chi connectivity index (χ0) is 10.6. The predicted molar refractivity (Wildman–Crippen MR) is 46.4 cm³/mol. The van der Waals surface area contributed by atoms with E-state index in [9.17, 15) is 17.2 Å². The van der Waals surface area contributed by atoms with Crippen LogP contribution in [0.5, 0.6) is 0 Å². The fourth-order valence-corrected chi connectivity index (χ4v) is 2.95. The first-order valence-electron chi connectivity index (χ1n) is 3.44. The monoisotopic (exact) mass is 288 g/mol. The molecule has 7 heteroatoms. The molecule has 14 heavy (non-hydrogen) atoms. The van der Waals surface area contributed by atoms with E-state index in [2.05, 4.69) is 3.27 Å². The van der Waals surface area contributed by atoms with Crippen LogP contribution in [0.2, 0.25) is 0 Å². The van der Waals surface area contributed by atoms with Gasteiger partial charge in [0.25, 0.3) is 0 Å². The first-order valence-corrected chi connectivity index (χ1v) is 6.76. The van der Waals surface area contributed by atoms with E-state index in [4.69, 9.17) is 0 Å². The van der Waals surface area contributed by atoms with Crippen molar-refractivity contribution in [2.75, 3.05) is 5.57 Å². The Bertz CT molecular complexity index is 390. The van der Waals surface area contributed by atoms with Crippen molar-refractivity contribution >= 4 is 25.4 Å². The van der Waals surface area contributed by atoms with Gasteiger partial charge in [0.05, 0.1) is 0 Å². The van der Waals surface area contributed by atoms with Crippen LogP contribution < -0.4 is 0 Å². The van der Waals surface area contributed by atoms with Gasteiger partial charge in [0.1, 0.15) is 0 Å². The van der Waals surface area contributed by atoms with Crippen molar-refractivity contribution in [3.8, 4) is 0 Å². The molecule has 0 aliphatic rings. The molecule has 1 rings (SSSR count). The molecule has 3 nitrogen and oxygen atoms in total. The number of alkyl halides is 1. The van der Waals surface area contributed by atoms with E-state index in [-0.39, 0.29) is 4.90 Å². The van der Waals surface area contributed by atoms with Crippen LogP contribution in [-0.4, -0.2) is 29.3 Å². The fourth-order valence-electron chi connectivity index (χ4n) is 0.722. The van der Waals surface area contributed by atoms with Gasteiger partial charge in [-0.2, -0.15) is 0 Å². The zero-order valence-corrected chi connectivity index (χ0v) is 9.34. The summed E-state index contributed by atoms with van der Waals surface area (Å²) in [5, 5.41) is 0. The average molecular weight is 287 g/mol. The molecule has 0 amide bonds. The maximum atomic E-state index is 12.4. The molecule has 1 aromatic carbocycles. The Hall–Kier alpha value is -0.491. The Morgan fingerprint density at radius 3 is 2.36 bits per heavy atom. The van der Waals surface area contributed by atoms with Crippen LogP contribution in [0.1, 0.15) is 0 Å². The van der Waals surface area contributed by atoms with E-state index < -0.39 is 36.8 Å². The molecule has 0 aromatic heterocycles. The van der Waals surface area contributed by atoms with Crippen molar-refractivity contribution in [2.45, 2.75) is 4.90 Å². The second-order valence-electron chi connectivity index (χ2n) is 2.20. The van der Waals surface area contributed by atoms with E-state index in [0.717, 1.165) is 24.3 Å². The molecular weight excluding hydrogens is 281 g/mol. The molecule has 0 aliphatic heterocycles. The summed E-state index contributed by atoms with van der Waals surface area (Å²) in [4.78, 5) is -0.172. The summed E-state index contributed by atoms with van der Waals surface area (Å²) in [5.74, 6) is -0.542. The summed E-state index contributed by atoms with van der Waals surface area (Å²) in [6.07, 6.45) is 0. The standard InChI is InChI=1S/C7H6F2O3SSe/c8-5-14-12-13(10,11)7-3-1-6(9)2-4-7/h1-4H,5H2. The van der Waals surface area contributed by atoms with Crippen LogP contribution in [0, 0.1) is 5.82 Å². The van der Waals surface area contributed by atoms with Gasteiger partial charge < -0.3 is 0 Å². The molecule has 0 saturated carbocycles. The van der Waals surface area contributed by atoms with Crippen LogP contribution in [0.3, 0.4) is 0 Å². The molecule has 0 saturated heterocycles. The van der Waals surface area contributed by atoms with Gasteiger partial charge in [0, 0.05) is 0 Å². The third kappa shape index (κ3) is 3.02. The van der Waals surface area contributed by atoms with Crippen LogP contribution in [-0.2, 0) is 13.4 Å². The van der Waals surface area contributed by atoms with Gasteiger partial charge in [-0.3, -0.25) is 0 Å². The Morgan fingerprint density at radius 1 is 1.29 bits per heavy atom. The van der Waals surface area contributed by atoms with E-state index >= 15 is 0 Å². The number of benzene rings is 1. The number of halogens is 2. The molecule has 78 valence electrons. The summed E-state index contributed by atoms with van der Waals surface area (Å²) < 4.78 is 50.9. The van der Waals surface area contributed by atoms with Crippen LogP contribution in [0.25, 0.3) is 0 Å². The fraction of sp³-hybridized carbons (Fsp3) is 0.143. The summed E-state index contributed by atoms with van der Waals surface area (Å²) in [7, 11) is -3.92. The van der Waals surface area contributed by atoms with Crippen molar-refractivity contribution in [1.29, 1.82) is 0 Å². The minimum absolute atomic E-state index is 0.172. The van der Waals surface area contributed by atoms with E-state index in [1.807, 2.05) is 0 Å². The third-order valence-electron chi connectivity index (χ3n) is 1.28. The van der Waals surface area contributed by atoms with E-state index in [0.29, 0.717) is 0 Å². The van der Waals surface area contributed by atoms with Crippen molar-refractivity contribution in [3.05, 3.63) is 30.1 Å². The molecule has 0 atom stereocenters. The van der Waals surface area contributed by atoms with E-state index in [1.165, 1.54) is 0 Å². The average Bonchev–Trinajstić information content (AvgIpc) is 2.16. The Balaban J connectivity index is 2.87. The normalized spacial score (nSPS) is 11.6. The van der Waals surface area contributed by atoms with Gasteiger partial charge in [-0.15, -0.1) is 0 Å². The second kappa shape index (κ2) is 4.84. The zero-order valence-electron chi connectivity index (χ0n) is 6.81. The van der Waals surface area contributed by atoms with Crippen LogP contribution >= 0.6 is 0 Å². The first-order chi connectivity index (χ1) is 6.56. The summed E-state index contributed by atoms with van der Waals surface area (Å²) >= 11 is -1.05. The summed E-state index contributed by atoms with van der Waals surface area (Å²) in [6, 6.07) is 4.13. The second-order valence-corrected chi connectivity index (χ2v) is 5.53. The van der Waals surface area contributed by atoms with Gasteiger partial charge in [0.15, 0.2) is 0 Å². The molecule has 0 fully saturated rings. The molecule has 0 aliphatic carbocycles. The van der Waals surface area contributed by atoms with Crippen molar-refractivity contribution < 1.29 is 20.5 Å². The Labute approximate surface area is 86.7 Å². The van der Waals surface area contributed by atoms with Crippen molar-refractivity contribution in [3.63, 3.8) is 0 Å². The number of hydrogen-bond acceptors (Lipinski definition) is 3. The first kappa shape index (κ1) is 11.6. The topological polar surface area (TPSA) is 43.4 Å². The number of hydrogen-bond donors (Lipinski definition) is 0. The maximum absolute atomic E-state index is 12.4. The Kier molecular flexibility index (Phi) is 4.00. The molecule has 0 heterocycles. The Morgan fingerprint density at radius 2 is 1.86 bits per heavy atom.